The van der Waals surface area contributed by atoms with Crippen molar-refractivity contribution in [2.75, 3.05) is 13.7 Å². The van der Waals surface area contributed by atoms with Crippen LogP contribution in [0.2, 0.25) is 0 Å². The van der Waals surface area contributed by atoms with Gasteiger partial charge >= 0.3 is 0 Å². The van der Waals surface area contributed by atoms with Crippen LogP contribution in [0.4, 0.5) is 0 Å². The summed E-state index contributed by atoms with van der Waals surface area (Å²) in [5, 5.41) is 10.6. The highest BCUT2D eigenvalue weighted by Crippen LogP contribution is 2.69. The number of aliphatic hydroxyl groups is 1. The van der Waals surface area contributed by atoms with E-state index in [1.165, 1.54) is 37.7 Å². The Morgan fingerprint density at radius 2 is 2.00 bits per heavy atom. The highest BCUT2D eigenvalue weighted by Gasteiger charge is 2.64. The van der Waals surface area contributed by atoms with Crippen molar-refractivity contribution in [1.29, 1.82) is 0 Å². The van der Waals surface area contributed by atoms with Crippen molar-refractivity contribution in [2.24, 2.45) is 28.1 Å². The fourth-order valence-corrected chi connectivity index (χ4v) is 8.19. The van der Waals surface area contributed by atoms with Crippen LogP contribution >= 0.6 is 0 Å². The van der Waals surface area contributed by atoms with Crippen LogP contribution in [0.15, 0.2) is 30.7 Å². The van der Waals surface area contributed by atoms with E-state index in [9.17, 15) is 5.11 Å². The molecule has 0 aromatic carbocycles. The molecular weight excluding hydrogens is 412 g/mol. The van der Waals surface area contributed by atoms with Gasteiger partial charge in [-0.1, -0.05) is 39.3 Å². The van der Waals surface area contributed by atoms with Gasteiger partial charge in [0.15, 0.2) is 0 Å². The molecule has 0 unspecified atom stereocenters. The van der Waals surface area contributed by atoms with Crippen molar-refractivity contribution in [3.63, 3.8) is 0 Å². The van der Waals surface area contributed by atoms with Crippen molar-refractivity contribution in [3.05, 3.63) is 30.7 Å². The monoisotopic (exact) mass is 456 g/mol. The zero-order valence-electron chi connectivity index (χ0n) is 21.2. The van der Waals surface area contributed by atoms with Gasteiger partial charge in [0.05, 0.1) is 25.0 Å². The van der Waals surface area contributed by atoms with E-state index >= 15 is 0 Å². The largest absolute Gasteiger partial charge is 0.477 e. The Morgan fingerprint density at radius 1 is 1.18 bits per heavy atom. The minimum absolute atomic E-state index is 0.123. The van der Waals surface area contributed by atoms with Crippen LogP contribution in [0.3, 0.4) is 0 Å². The third kappa shape index (κ3) is 4.14. The molecule has 5 nitrogen and oxygen atoms in total. The summed E-state index contributed by atoms with van der Waals surface area (Å²) in [5.41, 5.74) is 1.91. The van der Waals surface area contributed by atoms with E-state index in [0.29, 0.717) is 24.3 Å². The van der Waals surface area contributed by atoms with Crippen LogP contribution in [0.1, 0.15) is 85.0 Å². The summed E-state index contributed by atoms with van der Waals surface area (Å²) in [6, 6.07) is 0. The molecule has 0 saturated heterocycles. The summed E-state index contributed by atoms with van der Waals surface area (Å²) in [4.78, 5) is 8.35. The molecule has 3 fully saturated rings. The lowest BCUT2D eigenvalue weighted by molar-refractivity contribution is -0.180. The number of hydrogen-bond acceptors (Lipinski definition) is 5. The minimum atomic E-state index is -0.217. The number of rotatable bonds is 8. The number of fused-ring (bicyclic) bond motifs is 1. The molecule has 0 bridgehead atoms. The van der Waals surface area contributed by atoms with Crippen LogP contribution in [0.25, 0.3) is 0 Å². The van der Waals surface area contributed by atoms with Crippen molar-refractivity contribution < 1.29 is 14.6 Å². The zero-order valence-corrected chi connectivity index (χ0v) is 21.2. The van der Waals surface area contributed by atoms with Gasteiger partial charge in [-0.3, -0.25) is 4.98 Å². The van der Waals surface area contributed by atoms with Crippen LogP contribution < -0.4 is 4.74 Å². The predicted molar refractivity (Wildman–Crippen MR) is 131 cm³/mol. The third-order valence-electron chi connectivity index (χ3n) is 10.2. The summed E-state index contributed by atoms with van der Waals surface area (Å²) in [6.07, 6.45) is 15.8. The summed E-state index contributed by atoms with van der Waals surface area (Å²) < 4.78 is 12.4. The average molecular weight is 457 g/mol. The first kappa shape index (κ1) is 24.7. The molecule has 0 amide bonds. The van der Waals surface area contributed by atoms with Gasteiger partial charge in [0, 0.05) is 24.9 Å². The molecule has 0 radical (unpaired) electrons. The Bertz CT molecular complexity index is 817. The molecule has 184 valence electrons. The first-order chi connectivity index (χ1) is 15.8. The van der Waals surface area contributed by atoms with Gasteiger partial charge in [-0.05, 0) is 80.5 Å². The van der Waals surface area contributed by atoms with Crippen molar-refractivity contribution >= 4 is 0 Å². The van der Waals surface area contributed by atoms with Gasteiger partial charge in [0.1, 0.15) is 0 Å². The lowest BCUT2D eigenvalue weighted by Gasteiger charge is -2.61. The van der Waals surface area contributed by atoms with Crippen LogP contribution in [-0.2, 0) is 4.74 Å². The topological polar surface area (TPSA) is 64.5 Å². The van der Waals surface area contributed by atoms with Gasteiger partial charge in [-0.2, -0.15) is 0 Å². The molecule has 1 N–H and O–H groups in total. The second kappa shape index (κ2) is 9.65. The number of nitrogens with zero attached hydrogens (tertiary/aromatic N) is 2. The summed E-state index contributed by atoms with van der Waals surface area (Å²) in [6.45, 7) is 12.4. The van der Waals surface area contributed by atoms with Gasteiger partial charge < -0.3 is 14.6 Å². The smallest absolute Gasteiger partial charge is 0.232 e. The molecule has 3 aliphatic carbocycles. The maximum atomic E-state index is 10.6. The third-order valence-corrected chi connectivity index (χ3v) is 10.2. The quantitative estimate of drug-likeness (QED) is 0.488. The summed E-state index contributed by atoms with van der Waals surface area (Å²) >= 11 is 0. The fraction of sp³-hybridized carbons (Fsp3) is 0.786. The van der Waals surface area contributed by atoms with E-state index in [4.69, 9.17) is 9.47 Å². The second-order valence-electron chi connectivity index (χ2n) is 11.5. The Morgan fingerprint density at radius 3 is 2.70 bits per heavy atom. The number of aliphatic hydroxyl groups excluding tert-OH is 1. The van der Waals surface area contributed by atoms with Crippen molar-refractivity contribution in [2.45, 2.75) is 97.2 Å². The molecule has 33 heavy (non-hydrogen) atoms. The normalized spacial score (nSPS) is 41.1. The van der Waals surface area contributed by atoms with Crippen molar-refractivity contribution in [1.82, 2.24) is 9.97 Å². The Kier molecular flexibility index (Phi) is 7.21. The molecular formula is C28H44N2O3. The SMILES string of the molecule is C=C1CC[C@@]2(CCC)[C@H](OC)[C@@H]([C@@]3(C)CC[C@H](O)C[C@@H]3CCOc3cnccn3)CC[C@]12C. The van der Waals surface area contributed by atoms with E-state index in [1.54, 1.807) is 18.6 Å². The second-order valence-corrected chi connectivity index (χ2v) is 11.5. The number of hydrogen-bond donors (Lipinski definition) is 1. The predicted octanol–water partition coefficient (Wildman–Crippen LogP) is 5.98. The van der Waals surface area contributed by atoms with Gasteiger partial charge in [-0.15, -0.1) is 0 Å². The molecule has 0 spiro atoms. The molecule has 1 aromatic rings. The Hall–Kier alpha value is -1.46. The molecule has 4 rings (SSSR count). The lowest BCUT2D eigenvalue weighted by atomic mass is 9.46. The Labute approximate surface area is 200 Å². The number of aromatic nitrogens is 2. The lowest BCUT2D eigenvalue weighted by Crippen LogP contribution is -2.59. The Balaban J connectivity index is 1.59. The highest BCUT2D eigenvalue weighted by atomic mass is 16.5. The number of ether oxygens (including phenoxy) is 2. The molecule has 1 aromatic heterocycles. The van der Waals surface area contributed by atoms with E-state index in [0.717, 1.165) is 32.1 Å². The standard InChI is InChI=1S/C28H44N2O3/c1-6-11-28-14-7-20(2)27(28,4)13-9-23(25(28)32-5)26(3)12-8-22(31)18-21(26)10-17-33-24-19-29-15-16-30-24/h15-16,19,21-23,25,31H,2,6-14,17-18H2,1,3-5H3/t21-,22-,23-,25+,26-,27+,28-/m0/s1. The van der Waals surface area contributed by atoms with Crippen LogP contribution in [0, 0.1) is 28.1 Å². The average Bonchev–Trinajstić information content (AvgIpc) is 3.07. The molecule has 1 heterocycles. The summed E-state index contributed by atoms with van der Waals surface area (Å²) in [7, 11) is 1.94. The number of allylic oxidation sites excluding steroid dienone is 1. The van der Waals surface area contributed by atoms with E-state index in [1.807, 2.05) is 7.11 Å². The maximum Gasteiger partial charge on any atom is 0.232 e. The maximum absolute atomic E-state index is 10.6. The van der Waals surface area contributed by atoms with Gasteiger partial charge in [0.25, 0.3) is 0 Å². The van der Waals surface area contributed by atoms with Crippen molar-refractivity contribution in [3.8, 4) is 5.88 Å². The van der Waals surface area contributed by atoms with Gasteiger partial charge in [-0.25, -0.2) is 4.98 Å². The summed E-state index contributed by atoms with van der Waals surface area (Å²) in [5.74, 6) is 1.46. The molecule has 5 heteroatoms. The molecule has 3 aliphatic rings. The first-order valence-corrected chi connectivity index (χ1v) is 13.1. The van der Waals surface area contributed by atoms with Crippen LogP contribution in [-0.4, -0.2) is 41.0 Å². The van der Waals surface area contributed by atoms with E-state index < -0.39 is 0 Å². The molecule has 0 aliphatic heterocycles. The van der Waals surface area contributed by atoms with Gasteiger partial charge in [0.2, 0.25) is 5.88 Å². The highest BCUT2D eigenvalue weighted by molar-refractivity contribution is 5.27. The van der Waals surface area contributed by atoms with Crippen LogP contribution in [0.5, 0.6) is 5.88 Å². The van der Waals surface area contributed by atoms with E-state index in [2.05, 4.69) is 37.3 Å². The molecule has 3 saturated carbocycles. The minimum Gasteiger partial charge on any atom is -0.477 e. The fourth-order valence-electron chi connectivity index (χ4n) is 8.19. The zero-order chi connectivity index (χ0) is 23.7. The molecule has 7 atom stereocenters. The van der Waals surface area contributed by atoms with E-state index in [-0.39, 0.29) is 28.5 Å². The first-order valence-electron chi connectivity index (χ1n) is 13.1. The number of methoxy groups -OCH3 is 1.